The van der Waals surface area contributed by atoms with Gasteiger partial charge in [-0.25, -0.2) is 0 Å². The van der Waals surface area contributed by atoms with E-state index in [4.69, 9.17) is 0 Å². The Morgan fingerprint density at radius 3 is 2.33 bits per heavy atom. The van der Waals surface area contributed by atoms with Crippen LogP contribution in [0.4, 0.5) is 0 Å². The van der Waals surface area contributed by atoms with Crippen molar-refractivity contribution in [3.8, 4) is 0 Å². The van der Waals surface area contributed by atoms with Crippen LogP contribution in [0, 0.1) is 19.8 Å². The molecule has 2 rings (SSSR count). The summed E-state index contributed by atoms with van der Waals surface area (Å²) in [5.41, 5.74) is 3.38. The summed E-state index contributed by atoms with van der Waals surface area (Å²) in [7, 11) is 0. The Morgan fingerprint density at radius 1 is 1.03 bits per heavy atom. The summed E-state index contributed by atoms with van der Waals surface area (Å²) in [6, 6.07) is 15.8. The molecule has 1 atom stereocenters. The number of amides is 2. The predicted octanol–water partition coefficient (Wildman–Crippen LogP) is 4.98. The Hall–Kier alpha value is -2.27. The van der Waals surface area contributed by atoms with Crippen LogP contribution in [0.1, 0.15) is 43.9 Å². The zero-order valence-electron chi connectivity index (χ0n) is 18.8. The Balaban J connectivity index is 2.18. The van der Waals surface area contributed by atoms with Gasteiger partial charge in [-0.05, 0) is 43.9 Å². The molecular weight excluding hydrogens is 392 g/mol. The van der Waals surface area contributed by atoms with Crippen molar-refractivity contribution < 1.29 is 9.59 Å². The van der Waals surface area contributed by atoms with E-state index >= 15 is 0 Å². The molecule has 0 bridgehead atoms. The van der Waals surface area contributed by atoms with E-state index in [2.05, 4.69) is 25.2 Å². The molecule has 0 unspecified atom stereocenters. The second-order valence-electron chi connectivity index (χ2n) is 8.18. The van der Waals surface area contributed by atoms with Crippen LogP contribution in [-0.4, -0.2) is 35.1 Å². The van der Waals surface area contributed by atoms with Gasteiger partial charge in [0.15, 0.2) is 0 Å². The van der Waals surface area contributed by atoms with Gasteiger partial charge in [0, 0.05) is 18.0 Å². The molecule has 0 fully saturated rings. The first-order chi connectivity index (χ1) is 14.3. The minimum atomic E-state index is -0.476. The maximum atomic E-state index is 13.2. The molecule has 0 heterocycles. The highest BCUT2D eigenvalue weighted by molar-refractivity contribution is 8.00. The van der Waals surface area contributed by atoms with Crippen molar-refractivity contribution in [1.82, 2.24) is 10.2 Å². The Bertz CT molecular complexity index is 833. The van der Waals surface area contributed by atoms with Gasteiger partial charge in [-0.3, -0.25) is 9.59 Å². The van der Waals surface area contributed by atoms with Crippen molar-refractivity contribution in [2.45, 2.75) is 58.5 Å². The van der Waals surface area contributed by atoms with E-state index in [1.54, 1.807) is 4.90 Å². The Labute approximate surface area is 185 Å². The lowest BCUT2D eigenvalue weighted by molar-refractivity contribution is -0.139. The lowest BCUT2D eigenvalue weighted by atomic mass is 10.1. The van der Waals surface area contributed by atoms with Crippen molar-refractivity contribution in [3.05, 3.63) is 65.2 Å². The third kappa shape index (κ3) is 7.52. The van der Waals surface area contributed by atoms with Crippen LogP contribution in [0.15, 0.2) is 53.4 Å². The third-order valence-electron chi connectivity index (χ3n) is 4.89. The fourth-order valence-electron chi connectivity index (χ4n) is 3.21. The Morgan fingerprint density at radius 2 is 1.73 bits per heavy atom. The first-order valence-electron chi connectivity index (χ1n) is 10.6. The first kappa shape index (κ1) is 24.0. The van der Waals surface area contributed by atoms with Crippen molar-refractivity contribution in [2.24, 2.45) is 5.92 Å². The molecule has 2 amide bonds. The molecular formula is C25H34N2O2S. The lowest BCUT2D eigenvalue weighted by Gasteiger charge is -2.31. The zero-order chi connectivity index (χ0) is 22.1. The van der Waals surface area contributed by atoms with Crippen LogP contribution >= 0.6 is 11.8 Å². The number of thioether (sulfide) groups is 1. The van der Waals surface area contributed by atoms with Gasteiger partial charge in [-0.2, -0.15) is 0 Å². The summed E-state index contributed by atoms with van der Waals surface area (Å²) in [5.74, 6) is 0.577. The molecule has 0 radical (unpaired) electrons. The largest absolute Gasteiger partial charge is 0.354 e. The van der Waals surface area contributed by atoms with E-state index in [1.165, 1.54) is 17.3 Å². The van der Waals surface area contributed by atoms with E-state index in [-0.39, 0.29) is 11.8 Å². The van der Waals surface area contributed by atoms with Crippen molar-refractivity contribution in [2.75, 3.05) is 12.3 Å². The van der Waals surface area contributed by atoms with Crippen LogP contribution in [-0.2, 0) is 16.1 Å². The minimum absolute atomic E-state index is 0.0198. The van der Waals surface area contributed by atoms with Crippen molar-refractivity contribution >= 4 is 23.6 Å². The smallest absolute Gasteiger partial charge is 0.242 e. The third-order valence-corrected chi connectivity index (χ3v) is 5.89. The number of carbonyl (C=O) groups is 2. The Kier molecular flexibility index (Phi) is 9.44. The normalized spacial score (nSPS) is 11.9. The molecule has 30 heavy (non-hydrogen) atoms. The monoisotopic (exact) mass is 426 g/mol. The van der Waals surface area contributed by atoms with Gasteiger partial charge in [-0.15, -0.1) is 11.8 Å². The second-order valence-corrected chi connectivity index (χ2v) is 9.22. The molecule has 2 aromatic rings. The van der Waals surface area contributed by atoms with Gasteiger partial charge in [0.2, 0.25) is 11.8 Å². The molecule has 4 nitrogen and oxygen atoms in total. The molecule has 162 valence electrons. The van der Waals surface area contributed by atoms with E-state index in [1.807, 2.05) is 63.2 Å². The van der Waals surface area contributed by atoms with Crippen LogP contribution < -0.4 is 5.32 Å². The summed E-state index contributed by atoms with van der Waals surface area (Å²) in [5, 5.41) is 3.01. The number of rotatable bonds is 10. The topological polar surface area (TPSA) is 49.4 Å². The van der Waals surface area contributed by atoms with E-state index in [9.17, 15) is 9.59 Å². The molecule has 2 aromatic carbocycles. The average Bonchev–Trinajstić information content (AvgIpc) is 2.71. The predicted molar refractivity (Wildman–Crippen MR) is 126 cm³/mol. The van der Waals surface area contributed by atoms with Gasteiger partial charge in [0.25, 0.3) is 0 Å². The molecule has 0 aliphatic heterocycles. The highest BCUT2D eigenvalue weighted by Crippen LogP contribution is 2.21. The first-order valence-corrected chi connectivity index (χ1v) is 11.6. The van der Waals surface area contributed by atoms with E-state index in [0.717, 1.165) is 16.0 Å². The quantitative estimate of drug-likeness (QED) is 0.546. The van der Waals surface area contributed by atoms with Gasteiger partial charge >= 0.3 is 0 Å². The average molecular weight is 427 g/mol. The van der Waals surface area contributed by atoms with Gasteiger partial charge in [0.05, 0.1) is 5.75 Å². The maximum absolute atomic E-state index is 13.2. The minimum Gasteiger partial charge on any atom is -0.354 e. The number of aryl methyl sites for hydroxylation is 2. The zero-order valence-corrected chi connectivity index (χ0v) is 19.6. The van der Waals surface area contributed by atoms with Gasteiger partial charge in [-0.1, -0.05) is 68.3 Å². The van der Waals surface area contributed by atoms with E-state index < -0.39 is 6.04 Å². The van der Waals surface area contributed by atoms with Crippen LogP contribution in [0.25, 0.3) is 0 Å². The molecule has 5 heteroatoms. The molecule has 0 spiro atoms. The number of nitrogens with zero attached hydrogens (tertiary/aromatic N) is 1. The molecule has 0 aliphatic carbocycles. The summed E-state index contributed by atoms with van der Waals surface area (Å²) in [6.07, 6.45) is 0.580. The number of benzene rings is 2. The number of hydrogen-bond donors (Lipinski definition) is 1. The lowest BCUT2D eigenvalue weighted by Crippen LogP contribution is -2.50. The number of hydrogen-bond acceptors (Lipinski definition) is 3. The standard InChI is InChI=1S/C25H34N2O2S/c1-6-23(25(29)26-15-18(2)3)27(16-21-9-7-8-20(5)14-21)24(28)17-30-22-12-10-19(4)11-13-22/h7-14,18,23H,6,15-17H2,1-5H3,(H,26,29)/t23-/m0/s1. The van der Waals surface area contributed by atoms with Crippen molar-refractivity contribution in [1.29, 1.82) is 0 Å². The highest BCUT2D eigenvalue weighted by atomic mass is 32.2. The van der Waals surface area contributed by atoms with Crippen LogP contribution in [0.2, 0.25) is 0 Å². The molecule has 0 saturated carbocycles. The SMILES string of the molecule is CC[C@@H](C(=O)NCC(C)C)N(Cc1cccc(C)c1)C(=O)CSc1ccc(C)cc1. The maximum Gasteiger partial charge on any atom is 0.242 e. The fraction of sp³-hybridized carbons (Fsp3) is 0.440. The number of carbonyl (C=O) groups excluding carboxylic acids is 2. The van der Waals surface area contributed by atoms with E-state index in [0.29, 0.717) is 31.2 Å². The van der Waals surface area contributed by atoms with Crippen molar-refractivity contribution in [3.63, 3.8) is 0 Å². The van der Waals surface area contributed by atoms with Crippen LogP contribution in [0.3, 0.4) is 0 Å². The summed E-state index contributed by atoms with van der Waals surface area (Å²) >= 11 is 1.51. The highest BCUT2D eigenvalue weighted by Gasteiger charge is 2.28. The molecule has 0 saturated heterocycles. The summed E-state index contributed by atoms with van der Waals surface area (Å²) in [4.78, 5) is 28.9. The summed E-state index contributed by atoms with van der Waals surface area (Å²) in [6.45, 7) is 11.2. The summed E-state index contributed by atoms with van der Waals surface area (Å²) < 4.78 is 0. The number of nitrogens with one attached hydrogen (secondary N) is 1. The molecule has 0 aliphatic rings. The van der Waals surface area contributed by atoms with Gasteiger partial charge < -0.3 is 10.2 Å². The van der Waals surface area contributed by atoms with Gasteiger partial charge in [0.1, 0.15) is 6.04 Å². The fourth-order valence-corrected chi connectivity index (χ4v) is 4.00. The molecule has 1 N–H and O–H groups in total. The molecule has 0 aromatic heterocycles. The van der Waals surface area contributed by atoms with Crippen LogP contribution in [0.5, 0.6) is 0 Å². The second kappa shape index (κ2) is 11.8.